The van der Waals surface area contributed by atoms with Crippen molar-refractivity contribution in [2.24, 2.45) is 0 Å². The molecule has 0 N–H and O–H groups in total. The molecule has 1 atom stereocenters. The Kier molecular flexibility index (Phi) is 5.45. The zero-order valence-corrected chi connectivity index (χ0v) is 14.5. The van der Waals surface area contributed by atoms with Crippen molar-refractivity contribution >= 4 is 0 Å². The smallest absolute Gasteiger partial charge is 0.122 e. The topological polar surface area (TPSA) is 33.0 Å². The summed E-state index contributed by atoms with van der Waals surface area (Å²) in [6.07, 6.45) is 1.64. The summed E-state index contributed by atoms with van der Waals surface area (Å²) in [5.41, 5.74) is 4.32. The van der Waals surface area contributed by atoms with E-state index in [1.54, 1.807) is 0 Å². The third kappa shape index (κ3) is 4.13. The van der Waals surface area contributed by atoms with Crippen LogP contribution in [0.3, 0.4) is 0 Å². The molecule has 120 valence electrons. The Balaban J connectivity index is 1.95. The molecule has 0 aliphatic carbocycles. The second kappa shape index (κ2) is 7.33. The fraction of sp³-hybridized carbons (Fsp3) is 0.381. The van der Waals surface area contributed by atoms with Crippen molar-refractivity contribution in [1.82, 2.24) is 0 Å². The van der Waals surface area contributed by atoms with E-state index >= 15 is 0 Å². The van der Waals surface area contributed by atoms with Crippen molar-refractivity contribution in [3.05, 3.63) is 64.7 Å². The summed E-state index contributed by atoms with van der Waals surface area (Å²) in [5.74, 6) is 0.950. The summed E-state index contributed by atoms with van der Waals surface area (Å²) in [6.45, 7) is 8.93. The Morgan fingerprint density at radius 1 is 1.00 bits per heavy atom. The maximum Gasteiger partial charge on any atom is 0.122 e. The van der Waals surface area contributed by atoms with Gasteiger partial charge in [0.1, 0.15) is 5.75 Å². The zero-order valence-electron chi connectivity index (χ0n) is 14.5. The average molecular weight is 307 g/mol. The van der Waals surface area contributed by atoms with Crippen LogP contribution in [0.2, 0.25) is 0 Å². The molecule has 0 saturated carbocycles. The van der Waals surface area contributed by atoms with Crippen LogP contribution in [0.15, 0.2) is 42.5 Å². The summed E-state index contributed by atoms with van der Waals surface area (Å²) >= 11 is 0. The van der Waals surface area contributed by atoms with Crippen LogP contribution in [-0.2, 0) is 5.41 Å². The number of nitriles is 1. The highest BCUT2D eigenvalue weighted by Gasteiger charge is 2.25. The van der Waals surface area contributed by atoms with E-state index in [1.807, 2.05) is 37.3 Å². The lowest BCUT2D eigenvalue weighted by Crippen LogP contribution is -2.20. The van der Waals surface area contributed by atoms with Crippen LogP contribution in [0.4, 0.5) is 0 Å². The van der Waals surface area contributed by atoms with Crippen LogP contribution in [0, 0.1) is 32.1 Å². The fourth-order valence-electron chi connectivity index (χ4n) is 2.77. The highest BCUT2D eigenvalue weighted by Crippen LogP contribution is 2.28. The van der Waals surface area contributed by atoms with Gasteiger partial charge in [-0.1, -0.05) is 36.4 Å². The first-order valence-electron chi connectivity index (χ1n) is 8.14. The summed E-state index contributed by atoms with van der Waals surface area (Å²) in [4.78, 5) is 0. The average Bonchev–Trinajstić information content (AvgIpc) is 2.56. The van der Waals surface area contributed by atoms with Gasteiger partial charge in [-0.05, 0) is 68.9 Å². The van der Waals surface area contributed by atoms with Crippen molar-refractivity contribution in [2.45, 2.75) is 46.0 Å². The van der Waals surface area contributed by atoms with Crippen LogP contribution >= 0.6 is 0 Å². The van der Waals surface area contributed by atoms with Crippen molar-refractivity contribution in [3.63, 3.8) is 0 Å². The molecule has 1 unspecified atom stereocenters. The Morgan fingerprint density at radius 3 is 2.30 bits per heavy atom. The number of nitrogens with zero attached hydrogens (tertiary/aromatic N) is 1. The first kappa shape index (κ1) is 17.1. The van der Waals surface area contributed by atoms with Gasteiger partial charge < -0.3 is 4.74 Å². The lowest BCUT2D eigenvalue weighted by atomic mass is 9.80. The number of hydrogen-bond donors (Lipinski definition) is 0. The molecule has 2 aromatic rings. The molecule has 0 aliphatic rings. The Morgan fingerprint density at radius 2 is 1.65 bits per heavy atom. The summed E-state index contributed by atoms with van der Waals surface area (Å²) < 4.78 is 5.94. The molecule has 2 aromatic carbocycles. The van der Waals surface area contributed by atoms with E-state index < -0.39 is 5.41 Å². The van der Waals surface area contributed by atoms with Gasteiger partial charge in [-0.2, -0.15) is 5.26 Å². The molecule has 0 spiro atoms. The molecular weight excluding hydrogens is 282 g/mol. The summed E-state index contributed by atoms with van der Waals surface area (Å²) in [5, 5.41) is 9.58. The molecule has 0 saturated heterocycles. The largest absolute Gasteiger partial charge is 0.493 e. The predicted octanol–water partition coefficient (Wildman–Crippen LogP) is 5.25. The first-order valence-corrected chi connectivity index (χ1v) is 8.14. The summed E-state index contributed by atoms with van der Waals surface area (Å²) in [6, 6.07) is 16.7. The molecule has 0 fully saturated rings. The lowest BCUT2D eigenvalue weighted by molar-refractivity contribution is 0.293. The number of benzene rings is 2. The Bertz CT molecular complexity index is 700. The molecule has 0 aromatic heterocycles. The number of rotatable bonds is 6. The predicted molar refractivity (Wildman–Crippen MR) is 94.8 cm³/mol. The van der Waals surface area contributed by atoms with E-state index in [4.69, 9.17) is 4.74 Å². The van der Waals surface area contributed by atoms with E-state index in [1.165, 1.54) is 16.7 Å². The molecule has 23 heavy (non-hydrogen) atoms. The molecule has 0 bridgehead atoms. The molecular formula is C21H25NO. The minimum absolute atomic E-state index is 0.455. The highest BCUT2D eigenvalue weighted by molar-refractivity contribution is 5.40. The van der Waals surface area contributed by atoms with Crippen molar-refractivity contribution < 1.29 is 4.74 Å². The Labute approximate surface area is 139 Å². The van der Waals surface area contributed by atoms with Gasteiger partial charge in [-0.25, -0.2) is 0 Å². The quantitative estimate of drug-likeness (QED) is 0.683. The van der Waals surface area contributed by atoms with Gasteiger partial charge in [-0.3, -0.25) is 0 Å². The van der Waals surface area contributed by atoms with Gasteiger partial charge in [0.25, 0.3) is 0 Å². The van der Waals surface area contributed by atoms with Gasteiger partial charge in [0.15, 0.2) is 0 Å². The number of aryl methyl sites for hydroxylation is 3. The number of hydrogen-bond acceptors (Lipinski definition) is 2. The molecule has 0 radical (unpaired) electrons. The van der Waals surface area contributed by atoms with E-state index in [0.29, 0.717) is 6.61 Å². The number of ether oxygens (including phenoxy) is 1. The van der Waals surface area contributed by atoms with Crippen LogP contribution in [0.25, 0.3) is 0 Å². The van der Waals surface area contributed by atoms with Crippen LogP contribution in [0.1, 0.15) is 42.0 Å². The third-order valence-corrected chi connectivity index (χ3v) is 4.53. The van der Waals surface area contributed by atoms with Gasteiger partial charge in [-0.15, -0.1) is 0 Å². The van der Waals surface area contributed by atoms with E-state index in [-0.39, 0.29) is 0 Å². The monoisotopic (exact) mass is 307 g/mol. The molecule has 0 aliphatic heterocycles. The van der Waals surface area contributed by atoms with Crippen LogP contribution < -0.4 is 4.74 Å². The lowest BCUT2D eigenvalue weighted by Gasteiger charge is -2.22. The van der Waals surface area contributed by atoms with Crippen LogP contribution in [0.5, 0.6) is 5.75 Å². The van der Waals surface area contributed by atoms with Crippen molar-refractivity contribution in [1.29, 1.82) is 5.26 Å². The third-order valence-electron chi connectivity index (χ3n) is 4.53. The molecule has 2 nitrogen and oxygen atoms in total. The standard InChI is InChI=1S/C21H25NO/c1-16-13-18(3)20(14-17(16)2)23-12-8-11-21(4,15-22)19-9-6-5-7-10-19/h5-7,9-10,13-14H,8,11-12H2,1-4H3. The van der Waals surface area contributed by atoms with Gasteiger partial charge in [0.2, 0.25) is 0 Å². The van der Waals surface area contributed by atoms with E-state index in [2.05, 4.69) is 39.0 Å². The molecule has 0 amide bonds. The maximum atomic E-state index is 9.58. The van der Waals surface area contributed by atoms with E-state index in [9.17, 15) is 5.26 Å². The maximum absolute atomic E-state index is 9.58. The Hall–Kier alpha value is -2.27. The first-order chi connectivity index (χ1) is 11.0. The van der Waals surface area contributed by atoms with Crippen molar-refractivity contribution in [3.8, 4) is 11.8 Å². The van der Waals surface area contributed by atoms with Gasteiger partial charge in [0.05, 0.1) is 18.1 Å². The van der Waals surface area contributed by atoms with Gasteiger partial charge in [0, 0.05) is 0 Å². The van der Waals surface area contributed by atoms with Gasteiger partial charge >= 0.3 is 0 Å². The minimum atomic E-state index is -0.455. The zero-order chi connectivity index (χ0) is 16.9. The molecule has 2 heteroatoms. The summed E-state index contributed by atoms with van der Waals surface area (Å²) in [7, 11) is 0. The van der Waals surface area contributed by atoms with Crippen molar-refractivity contribution in [2.75, 3.05) is 6.61 Å². The SMILES string of the molecule is Cc1cc(C)c(OCCCC(C)(C#N)c2ccccc2)cc1C. The van der Waals surface area contributed by atoms with Crippen LogP contribution in [-0.4, -0.2) is 6.61 Å². The fourth-order valence-corrected chi connectivity index (χ4v) is 2.77. The molecule has 2 rings (SSSR count). The second-order valence-corrected chi connectivity index (χ2v) is 6.46. The molecule has 0 heterocycles. The minimum Gasteiger partial charge on any atom is -0.493 e. The normalized spacial score (nSPS) is 13.2. The second-order valence-electron chi connectivity index (χ2n) is 6.46. The van der Waals surface area contributed by atoms with E-state index in [0.717, 1.165) is 24.2 Å². The highest BCUT2D eigenvalue weighted by atomic mass is 16.5.